The van der Waals surface area contributed by atoms with E-state index < -0.39 is 5.60 Å². The van der Waals surface area contributed by atoms with Crippen LogP contribution in [0.1, 0.15) is 37.9 Å². The van der Waals surface area contributed by atoms with Crippen LogP contribution in [-0.2, 0) is 29.0 Å². The SMILES string of the molecule is COCCNCc1ncc2c(n1)CCN(C(=O)OC(C)(C)C)C2. The Labute approximate surface area is 137 Å². The highest BCUT2D eigenvalue weighted by atomic mass is 16.6. The van der Waals surface area contributed by atoms with E-state index in [0.29, 0.717) is 26.2 Å². The number of nitrogens with zero attached hydrogens (tertiary/aromatic N) is 3. The molecule has 0 atom stereocenters. The van der Waals surface area contributed by atoms with E-state index in [4.69, 9.17) is 9.47 Å². The van der Waals surface area contributed by atoms with Gasteiger partial charge in [0.05, 0.1) is 25.4 Å². The summed E-state index contributed by atoms with van der Waals surface area (Å²) in [5.41, 5.74) is 1.53. The van der Waals surface area contributed by atoms with Crippen LogP contribution in [0.15, 0.2) is 6.20 Å². The standard InChI is InChI=1S/C16H26N4O3/c1-16(2,3)23-15(21)20-7-5-13-12(11-20)9-18-14(19-13)10-17-6-8-22-4/h9,17H,5-8,10-11H2,1-4H3. The molecule has 23 heavy (non-hydrogen) atoms. The summed E-state index contributed by atoms with van der Waals surface area (Å²) in [6.45, 7) is 8.78. The van der Waals surface area contributed by atoms with Gasteiger partial charge in [-0.25, -0.2) is 14.8 Å². The van der Waals surface area contributed by atoms with Crippen LogP contribution in [0.5, 0.6) is 0 Å². The van der Waals surface area contributed by atoms with Crippen molar-refractivity contribution in [2.45, 2.75) is 45.9 Å². The average molecular weight is 322 g/mol. The maximum atomic E-state index is 12.1. The predicted molar refractivity (Wildman–Crippen MR) is 86.0 cm³/mol. The van der Waals surface area contributed by atoms with Crippen molar-refractivity contribution in [3.05, 3.63) is 23.3 Å². The van der Waals surface area contributed by atoms with Crippen molar-refractivity contribution in [3.8, 4) is 0 Å². The molecule has 2 heterocycles. The molecule has 1 amide bonds. The third-order valence-electron chi connectivity index (χ3n) is 3.40. The first-order chi connectivity index (χ1) is 10.9. The molecule has 1 aliphatic rings. The van der Waals surface area contributed by atoms with Crippen molar-refractivity contribution >= 4 is 6.09 Å². The summed E-state index contributed by atoms with van der Waals surface area (Å²) >= 11 is 0. The molecule has 1 aromatic rings. The van der Waals surface area contributed by atoms with Crippen LogP contribution in [0.2, 0.25) is 0 Å². The zero-order valence-corrected chi connectivity index (χ0v) is 14.4. The van der Waals surface area contributed by atoms with E-state index in [2.05, 4.69) is 15.3 Å². The molecule has 0 fully saturated rings. The van der Waals surface area contributed by atoms with E-state index in [0.717, 1.165) is 30.0 Å². The normalized spacial score (nSPS) is 14.5. The number of methoxy groups -OCH3 is 1. The Balaban J connectivity index is 1.93. The molecule has 7 heteroatoms. The summed E-state index contributed by atoms with van der Waals surface area (Å²) in [6, 6.07) is 0. The number of aromatic nitrogens is 2. The van der Waals surface area contributed by atoms with Gasteiger partial charge in [-0.05, 0) is 20.8 Å². The van der Waals surface area contributed by atoms with Gasteiger partial charge in [-0.15, -0.1) is 0 Å². The van der Waals surface area contributed by atoms with Gasteiger partial charge in [0.15, 0.2) is 0 Å². The van der Waals surface area contributed by atoms with E-state index in [9.17, 15) is 4.79 Å². The predicted octanol–water partition coefficient (Wildman–Crippen LogP) is 1.51. The second-order valence-electron chi connectivity index (χ2n) is 6.58. The summed E-state index contributed by atoms with van der Waals surface area (Å²) in [5, 5.41) is 3.23. The fourth-order valence-electron chi connectivity index (χ4n) is 2.30. The van der Waals surface area contributed by atoms with Crippen LogP contribution in [0.25, 0.3) is 0 Å². The van der Waals surface area contributed by atoms with Gasteiger partial charge in [0.25, 0.3) is 0 Å². The summed E-state index contributed by atoms with van der Waals surface area (Å²) < 4.78 is 10.4. The van der Waals surface area contributed by atoms with E-state index in [1.807, 2.05) is 27.0 Å². The van der Waals surface area contributed by atoms with Gasteiger partial charge >= 0.3 is 6.09 Å². The minimum atomic E-state index is -0.481. The van der Waals surface area contributed by atoms with Gasteiger partial charge in [-0.2, -0.15) is 0 Å². The summed E-state index contributed by atoms with van der Waals surface area (Å²) in [6.07, 6.45) is 2.25. The first-order valence-electron chi connectivity index (χ1n) is 7.90. The van der Waals surface area contributed by atoms with Crippen molar-refractivity contribution in [3.63, 3.8) is 0 Å². The topological polar surface area (TPSA) is 76.6 Å². The summed E-state index contributed by atoms with van der Waals surface area (Å²) in [7, 11) is 1.67. The lowest BCUT2D eigenvalue weighted by atomic mass is 10.1. The second kappa shape index (κ2) is 7.70. The van der Waals surface area contributed by atoms with Crippen LogP contribution < -0.4 is 5.32 Å². The monoisotopic (exact) mass is 322 g/mol. The quantitative estimate of drug-likeness (QED) is 0.828. The number of hydrogen-bond donors (Lipinski definition) is 1. The smallest absolute Gasteiger partial charge is 0.410 e. The molecule has 0 aliphatic carbocycles. The maximum absolute atomic E-state index is 12.1. The number of hydrogen-bond acceptors (Lipinski definition) is 6. The Morgan fingerprint density at radius 3 is 2.91 bits per heavy atom. The summed E-state index contributed by atoms with van der Waals surface area (Å²) in [4.78, 5) is 22.8. The molecule has 1 aliphatic heterocycles. The van der Waals surface area contributed by atoms with Gasteiger partial charge in [0, 0.05) is 38.4 Å². The lowest BCUT2D eigenvalue weighted by molar-refractivity contribution is 0.0222. The van der Waals surface area contributed by atoms with E-state index in [1.54, 1.807) is 12.0 Å². The maximum Gasteiger partial charge on any atom is 0.410 e. The van der Waals surface area contributed by atoms with Crippen molar-refractivity contribution in [2.75, 3.05) is 26.8 Å². The fourth-order valence-corrected chi connectivity index (χ4v) is 2.30. The lowest BCUT2D eigenvalue weighted by Gasteiger charge is -2.30. The molecule has 0 spiro atoms. The molecule has 7 nitrogen and oxygen atoms in total. The van der Waals surface area contributed by atoms with Gasteiger partial charge in [-0.3, -0.25) is 0 Å². The molecule has 0 saturated carbocycles. The number of nitrogens with one attached hydrogen (secondary N) is 1. The molecule has 2 rings (SSSR count). The lowest BCUT2D eigenvalue weighted by Crippen LogP contribution is -2.40. The minimum absolute atomic E-state index is 0.284. The van der Waals surface area contributed by atoms with E-state index in [1.165, 1.54) is 0 Å². The molecule has 1 aromatic heterocycles. The fraction of sp³-hybridized carbons (Fsp3) is 0.688. The van der Waals surface area contributed by atoms with Crippen molar-refractivity contribution in [1.29, 1.82) is 0 Å². The Bertz CT molecular complexity index is 543. The third-order valence-corrected chi connectivity index (χ3v) is 3.40. The highest BCUT2D eigenvalue weighted by Crippen LogP contribution is 2.19. The molecule has 1 N–H and O–H groups in total. The molecule has 0 saturated heterocycles. The van der Waals surface area contributed by atoms with Crippen LogP contribution in [0, 0.1) is 0 Å². The molecule has 128 valence electrons. The first-order valence-corrected chi connectivity index (χ1v) is 7.90. The number of ether oxygens (including phenoxy) is 2. The highest BCUT2D eigenvalue weighted by Gasteiger charge is 2.26. The molecular formula is C16H26N4O3. The van der Waals surface area contributed by atoms with E-state index in [-0.39, 0.29) is 6.09 Å². The zero-order valence-electron chi connectivity index (χ0n) is 14.4. The molecular weight excluding hydrogens is 296 g/mol. The largest absolute Gasteiger partial charge is 0.444 e. The minimum Gasteiger partial charge on any atom is -0.444 e. The second-order valence-corrected chi connectivity index (χ2v) is 6.58. The van der Waals surface area contributed by atoms with Crippen LogP contribution in [0.3, 0.4) is 0 Å². The van der Waals surface area contributed by atoms with Crippen LogP contribution in [0.4, 0.5) is 4.79 Å². The molecule has 0 unspecified atom stereocenters. The third kappa shape index (κ3) is 5.44. The zero-order chi connectivity index (χ0) is 16.9. The molecule has 0 radical (unpaired) electrons. The Morgan fingerprint density at radius 2 is 2.22 bits per heavy atom. The van der Waals surface area contributed by atoms with Crippen LogP contribution in [-0.4, -0.2) is 53.4 Å². The Kier molecular flexibility index (Phi) is 5.90. The van der Waals surface area contributed by atoms with Crippen molar-refractivity contribution < 1.29 is 14.3 Å². The number of fused-ring (bicyclic) bond motifs is 1. The Hall–Kier alpha value is -1.73. The van der Waals surface area contributed by atoms with Gasteiger partial charge in [-0.1, -0.05) is 0 Å². The number of amides is 1. The number of carbonyl (C=O) groups excluding carboxylic acids is 1. The van der Waals surface area contributed by atoms with Gasteiger partial charge in [0.2, 0.25) is 0 Å². The Morgan fingerprint density at radius 1 is 1.43 bits per heavy atom. The van der Waals surface area contributed by atoms with Crippen molar-refractivity contribution in [2.24, 2.45) is 0 Å². The summed E-state index contributed by atoms with van der Waals surface area (Å²) in [5.74, 6) is 0.769. The first kappa shape index (κ1) is 17.6. The highest BCUT2D eigenvalue weighted by molar-refractivity contribution is 5.68. The van der Waals surface area contributed by atoms with Gasteiger partial charge < -0.3 is 19.7 Å². The average Bonchev–Trinajstić information content (AvgIpc) is 2.49. The number of rotatable bonds is 5. The number of carbonyl (C=O) groups is 1. The molecule has 0 bridgehead atoms. The van der Waals surface area contributed by atoms with Crippen molar-refractivity contribution in [1.82, 2.24) is 20.2 Å². The molecule has 0 aromatic carbocycles. The van der Waals surface area contributed by atoms with Gasteiger partial charge in [0.1, 0.15) is 11.4 Å². The van der Waals surface area contributed by atoms with E-state index >= 15 is 0 Å². The van der Waals surface area contributed by atoms with Crippen LogP contribution >= 0.6 is 0 Å².